The van der Waals surface area contributed by atoms with Crippen molar-refractivity contribution < 1.29 is 10.0 Å². The number of hydrogen-bond donors (Lipinski definition) is 2. The predicted molar refractivity (Wildman–Crippen MR) is 75.1 cm³/mol. The fourth-order valence-electron chi connectivity index (χ4n) is 2.93. The van der Waals surface area contributed by atoms with Crippen molar-refractivity contribution in [2.45, 2.75) is 84.0 Å². The summed E-state index contributed by atoms with van der Waals surface area (Å²) in [6.07, 6.45) is 1.33. The fourth-order valence-corrected chi connectivity index (χ4v) is 2.93. The molecule has 0 aromatic rings. The molecule has 5 heteroatoms. The Kier molecular flexibility index (Phi) is 4.23. The predicted octanol–water partition coefficient (Wildman–Crippen LogP) is 2.45. The number of rotatable bonds is 1. The number of nitrogens with one attached hydrogen (secondary N) is 2. The van der Waals surface area contributed by atoms with Gasteiger partial charge in [0.1, 0.15) is 0 Å². The molecule has 5 nitrogen and oxygen atoms in total. The van der Waals surface area contributed by atoms with E-state index in [-0.39, 0.29) is 17.6 Å². The molecule has 1 saturated heterocycles. The van der Waals surface area contributed by atoms with E-state index in [1.165, 1.54) is 5.06 Å². The Labute approximate surface area is 116 Å². The first-order valence-electron chi connectivity index (χ1n) is 6.90. The van der Waals surface area contributed by atoms with Gasteiger partial charge in [0.05, 0.1) is 0 Å². The first-order chi connectivity index (χ1) is 8.33. The van der Waals surface area contributed by atoms with Crippen molar-refractivity contribution in [2.24, 2.45) is 0 Å². The van der Waals surface area contributed by atoms with Crippen LogP contribution in [0.5, 0.6) is 0 Å². The van der Waals surface area contributed by atoms with Gasteiger partial charge in [0, 0.05) is 22.7 Å². The van der Waals surface area contributed by atoms with E-state index in [0.717, 1.165) is 0 Å². The number of urea groups is 1. The van der Waals surface area contributed by atoms with Crippen LogP contribution in [0.3, 0.4) is 0 Å². The van der Waals surface area contributed by atoms with E-state index in [1.807, 2.05) is 48.5 Å². The Morgan fingerprint density at radius 3 is 1.89 bits per heavy atom. The summed E-state index contributed by atoms with van der Waals surface area (Å²) >= 11 is 0. The Morgan fingerprint density at radius 1 is 1.11 bits per heavy atom. The summed E-state index contributed by atoms with van der Waals surface area (Å²) in [5, 5.41) is 19.3. The summed E-state index contributed by atoms with van der Waals surface area (Å²) in [5.74, 6) is 0. The smallest absolute Gasteiger partial charge is 0.315 e. The molecule has 0 aliphatic carbocycles. The lowest BCUT2D eigenvalue weighted by Crippen LogP contribution is -2.63. The van der Waals surface area contributed by atoms with Crippen LogP contribution in [0, 0.1) is 0 Å². The van der Waals surface area contributed by atoms with Crippen LogP contribution in [0.4, 0.5) is 4.79 Å². The number of amides is 2. The first kappa shape index (κ1) is 16.2. The largest absolute Gasteiger partial charge is 0.335 e. The van der Waals surface area contributed by atoms with Crippen LogP contribution in [0.15, 0.2) is 0 Å². The van der Waals surface area contributed by atoms with Crippen LogP contribution in [0.2, 0.25) is 0 Å². The summed E-state index contributed by atoms with van der Waals surface area (Å²) in [6, 6.07) is -0.138. The lowest BCUT2D eigenvalue weighted by Gasteiger charge is -2.50. The summed E-state index contributed by atoms with van der Waals surface area (Å²) < 4.78 is 0. The van der Waals surface area contributed by atoms with Gasteiger partial charge in [0.2, 0.25) is 0 Å². The van der Waals surface area contributed by atoms with Gasteiger partial charge < -0.3 is 10.6 Å². The Hall–Kier alpha value is -0.810. The summed E-state index contributed by atoms with van der Waals surface area (Å²) in [7, 11) is 0. The summed E-state index contributed by atoms with van der Waals surface area (Å²) in [4.78, 5) is 11.9. The highest BCUT2D eigenvalue weighted by Crippen LogP contribution is 2.36. The quantitative estimate of drug-likeness (QED) is 0.768. The zero-order valence-electron chi connectivity index (χ0n) is 13.3. The highest BCUT2D eigenvalue weighted by molar-refractivity contribution is 5.75. The van der Waals surface area contributed by atoms with Crippen LogP contribution < -0.4 is 10.6 Å². The Bertz CT molecular complexity index is 327. The molecule has 0 aromatic heterocycles. The van der Waals surface area contributed by atoms with E-state index in [1.54, 1.807) is 0 Å². The minimum atomic E-state index is -0.457. The molecule has 0 saturated carbocycles. The van der Waals surface area contributed by atoms with Gasteiger partial charge in [-0.25, -0.2) is 4.79 Å². The molecule has 0 bridgehead atoms. The van der Waals surface area contributed by atoms with Crippen molar-refractivity contribution in [3.8, 4) is 0 Å². The molecule has 111 valence electrons. The van der Waals surface area contributed by atoms with Crippen LogP contribution in [0.1, 0.15) is 61.3 Å². The molecule has 1 fully saturated rings. The van der Waals surface area contributed by atoms with E-state index in [4.69, 9.17) is 0 Å². The van der Waals surface area contributed by atoms with E-state index in [0.29, 0.717) is 12.8 Å². The van der Waals surface area contributed by atoms with E-state index < -0.39 is 11.1 Å². The molecule has 2 N–H and O–H groups in total. The molecule has 19 heavy (non-hydrogen) atoms. The van der Waals surface area contributed by atoms with E-state index in [9.17, 15) is 10.0 Å². The third-order valence-corrected chi connectivity index (χ3v) is 3.42. The van der Waals surface area contributed by atoms with Crippen LogP contribution >= 0.6 is 0 Å². The van der Waals surface area contributed by atoms with Crippen LogP contribution in [0.25, 0.3) is 0 Å². The molecule has 0 aromatic carbocycles. The SMILES string of the molecule is CC(C)(C)NC(=O)NC1CC(C)(C)N([O])C(C)(C)C1. The van der Waals surface area contributed by atoms with Gasteiger partial charge in [-0.3, -0.25) is 0 Å². The molecule has 1 heterocycles. The van der Waals surface area contributed by atoms with Gasteiger partial charge in [0.15, 0.2) is 0 Å². The second-order valence-electron chi connectivity index (χ2n) is 7.87. The maximum absolute atomic E-state index is 12.2. The molecule has 0 atom stereocenters. The highest BCUT2D eigenvalue weighted by Gasteiger charge is 2.46. The summed E-state index contributed by atoms with van der Waals surface area (Å²) in [5.41, 5.74) is -1.17. The second-order valence-corrected chi connectivity index (χ2v) is 7.87. The number of carbonyl (C=O) groups is 1. The molecule has 1 aliphatic rings. The number of hydrogen-bond acceptors (Lipinski definition) is 2. The van der Waals surface area contributed by atoms with Crippen LogP contribution in [-0.2, 0) is 5.21 Å². The topological polar surface area (TPSA) is 64.3 Å². The third kappa shape index (κ3) is 4.35. The van der Waals surface area contributed by atoms with Crippen molar-refractivity contribution in [3.05, 3.63) is 0 Å². The van der Waals surface area contributed by atoms with E-state index >= 15 is 0 Å². The molecule has 0 spiro atoms. The van der Waals surface area contributed by atoms with Crippen LogP contribution in [-0.4, -0.2) is 33.8 Å². The number of nitrogens with zero attached hydrogens (tertiary/aromatic N) is 1. The fraction of sp³-hybridized carbons (Fsp3) is 0.929. The molecule has 2 amide bonds. The zero-order valence-corrected chi connectivity index (χ0v) is 13.3. The maximum Gasteiger partial charge on any atom is 0.315 e. The molecule has 0 unspecified atom stereocenters. The zero-order chi connectivity index (χ0) is 15.1. The second kappa shape index (κ2) is 4.94. The Balaban J connectivity index is 2.68. The van der Waals surface area contributed by atoms with Crippen molar-refractivity contribution >= 4 is 6.03 Å². The highest BCUT2D eigenvalue weighted by atomic mass is 16.5. The van der Waals surface area contributed by atoms with Crippen molar-refractivity contribution in [1.29, 1.82) is 0 Å². The minimum absolute atomic E-state index is 0.0255. The Morgan fingerprint density at radius 2 is 1.53 bits per heavy atom. The van der Waals surface area contributed by atoms with Gasteiger partial charge in [-0.05, 0) is 61.3 Å². The molecule has 1 rings (SSSR count). The lowest BCUT2D eigenvalue weighted by atomic mass is 9.79. The van der Waals surface area contributed by atoms with Crippen molar-refractivity contribution in [2.75, 3.05) is 0 Å². The molecule has 1 radical (unpaired) electrons. The van der Waals surface area contributed by atoms with Gasteiger partial charge in [0.25, 0.3) is 0 Å². The first-order valence-corrected chi connectivity index (χ1v) is 6.90. The average molecular weight is 270 g/mol. The van der Waals surface area contributed by atoms with Gasteiger partial charge in [-0.1, -0.05) is 0 Å². The lowest BCUT2D eigenvalue weighted by molar-refractivity contribution is -0.289. The maximum atomic E-state index is 12.2. The van der Waals surface area contributed by atoms with Gasteiger partial charge in [-0.2, -0.15) is 0 Å². The molecular formula is C14H28N3O2. The number of hydroxylamine groups is 2. The normalized spacial score (nSPS) is 24.0. The van der Waals surface area contributed by atoms with Crippen molar-refractivity contribution in [3.63, 3.8) is 0 Å². The van der Waals surface area contributed by atoms with Gasteiger partial charge >= 0.3 is 6.03 Å². The van der Waals surface area contributed by atoms with Gasteiger partial charge in [-0.15, -0.1) is 10.3 Å². The number of carbonyl (C=O) groups excluding carboxylic acids is 1. The molecular weight excluding hydrogens is 242 g/mol. The standard InChI is InChI=1S/C14H28N3O2/c1-12(2,3)16-11(18)15-10-8-13(4,5)17(19)14(6,7)9-10/h10H,8-9H2,1-7H3,(H2,15,16,18). The van der Waals surface area contributed by atoms with E-state index in [2.05, 4.69) is 10.6 Å². The third-order valence-electron chi connectivity index (χ3n) is 3.42. The summed E-state index contributed by atoms with van der Waals surface area (Å²) in [6.45, 7) is 13.5. The monoisotopic (exact) mass is 270 g/mol. The minimum Gasteiger partial charge on any atom is -0.335 e. The number of piperidine rings is 1. The van der Waals surface area contributed by atoms with Crippen molar-refractivity contribution in [1.82, 2.24) is 15.7 Å². The molecule has 1 aliphatic heterocycles. The average Bonchev–Trinajstić information content (AvgIpc) is 2.09.